The van der Waals surface area contributed by atoms with Crippen LogP contribution in [0.2, 0.25) is 0 Å². The minimum atomic E-state index is -0.483. The van der Waals surface area contributed by atoms with Gasteiger partial charge in [0.2, 0.25) is 11.7 Å². The van der Waals surface area contributed by atoms with Crippen molar-refractivity contribution in [3.05, 3.63) is 47.8 Å². The van der Waals surface area contributed by atoms with Gasteiger partial charge in [-0.2, -0.15) is 0 Å². The Morgan fingerprint density at radius 1 is 0.944 bits per heavy atom. The van der Waals surface area contributed by atoms with Gasteiger partial charge in [0.25, 0.3) is 5.91 Å². The predicted molar refractivity (Wildman–Crippen MR) is 139 cm³/mol. The quantitative estimate of drug-likeness (QED) is 0.452. The first kappa shape index (κ1) is 26.8. The molecule has 9 heteroatoms. The van der Waals surface area contributed by atoms with E-state index in [0.717, 1.165) is 11.0 Å². The summed E-state index contributed by atoms with van der Waals surface area (Å²) in [6, 6.07) is 10.5. The van der Waals surface area contributed by atoms with E-state index in [2.05, 4.69) is 5.32 Å². The fraction of sp³-hybridized carbons (Fsp3) is 0.444. The summed E-state index contributed by atoms with van der Waals surface area (Å²) < 4.78 is 18.0. The monoisotopic (exact) mass is 496 g/mol. The first-order valence-corrected chi connectivity index (χ1v) is 12.0. The Hall–Kier alpha value is -3.75. The number of para-hydroxylation sites is 2. The summed E-state index contributed by atoms with van der Waals surface area (Å²) >= 11 is 0. The van der Waals surface area contributed by atoms with Crippen molar-refractivity contribution in [3.8, 4) is 17.2 Å². The zero-order chi connectivity index (χ0) is 26.6. The molecule has 1 N–H and O–H groups in total. The second-order valence-corrected chi connectivity index (χ2v) is 9.14. The Labute approximate surface area is 212 Å². The topological polar surface area (TPSA) is 94.9 Å². The lowest BCUT2D eigenvalue weighted by Crippen LogP contribution is -2.44. The summed E-state index contributed by atoms with van der Waals surface area (Å²) in [4.78, 5) is 33.2. The van der Waals surface area contributed by atoms with Crippen molar-refractivity contribution in [1.82, 2.24) is 19.8 Å². The van der Waals surface area contributed by atoms with E-state index in [1.807, 2.05) is 68.4 Å². The number of benzene rings is 2. The lowest BCUT2D eigenvalue weighted by Gasteiger charge is -2.31. The van der Waals surface area contributed by atoms with Gasteiger partial charge in [-0.1, -0.05) is 12.1 Å². The SMILES string of the molecule is COc1cc(C(=O)NC(C)c2nc3ccccc3n2CC(=O)N(C(C)C)C(C)C)cc(OC)c1OC. The van der Waals surface area contributed by atoms with Gasteiger partial charge in [0.05, 0.1) is 38.4 Å². The molecule has 0 aliphatic carbocycles. The maximum Gasteiger partial charge on any atom is 0.252 e. The molecule has 1 heterocycles. The highest BCUT2D eigenvalue weighted by atomic mass is 16.5. The van der Waals surface area contributed by atoms with Crippen LogP contribution in [-0.4, -0.2) is 59.7 Å². The summed E-state index contributed by atoms with van der Waals surface area (Å²) in [6.45, 7) is 9.99. The van der Waals surface area contributed by atoms with E-state index >= 15 is 0 Å². The maximum atomic E-state index is 13.3. The Kier molecular flexibility index (Phi) is 8.45. The number of aromatic nitrogens is 2. The van der Waals surface area contributed by atoms with Crippen molar-refractivity contribution < 1.29 is 23.8 Å². The van der Waals surface area contributed by atoms with Gasteiger partial charge in [-0.15, -0.1) is 0 Å². The fourth-order valence-electron chi connectivity index (χ4n) is 4.54. The summed E-state index contributed by atoms with van der Waals surface area (Å²) in [7, 11) is 4.50. The highest BCUT2D eigenvalue weighted by molar-refractivity contribution is 5.96. The van der Waals surface area contributed by atoms with Crippen LogP contribution in [0.4, 0.5) is 0 Å². The zero-order valence-corrected chi connectivity index (χ0v) is 22.3. The molecule has 0 spiro atoms. The van der Waals surface area contributed by atoms with Crippen LogP contribution < -0.4 is 19.5 Å². The second-order valence-electron chi connectivity index (χ2n) is 9.14. The zero-order valence-electron chi connectivity index (χ0n) is 22.3. The number of imidazole rings is 1. The molecule has 0 radical (unpaired) electrons. The lowest BCUT2D eigenvalue weighted by atomic mass is 10.1. The Morgan fingerprint density at radius 2 is 1.53 bits per heavy atom. The van der Waals surface area contributed by atoms with Gasteiger partial charge in [-0.3, -0.25) is 9.59 Å². The molecule has 0 saturated carbocycles. The molecule has 0 saturated heterocycles. The Bertz CT molecular complexity index is 1200. The molecule has 3 rings (SSSR count). The average Bonchev–Trinajstić information content (AvgIpc) is 3.20. The van der Waals surface area contributed by atoms with Crippen LogP contribution in [0.1, 0.15) is 56.8 Å². The number of rotatable bonds is 10. The fourth-order valence-corrected chi connectivity index (χ4v) is 4.54. The number of hydrogen-bond acceptors (Lipinski definition) is 6. The van der Waals surface area contributed by atoms with E-state index in [-0.39, 0.29) is 30.4 Å². The van der Waals surface area contributed by atoms with Crippen LogP contribution in [0.5, 0.6) is 17.2 Å². The van der Waals surface area contributed by atoms with Crippen LogP contribution in [0, 0.1) is 0 Å². The van der Waals surface area contributed by atoms with Crippen molar-refractivity contribution >= 4 is 22.8 Å². The van der Waals surface area contributed by atoms with Crippen molar-refractivity contribution in [2.45, 2.75) is 59.3 Å². The Balaban J connectivity index is 1.95. The van der Waals surface area contributed by atoms with E-state index in [4.69, 9.17) is 19.2 Å². The molecule has 1 unspecified atom stereocenters. The van der Waals surface area contributed by atoms with Gasteiger partial charge < -0.3 is 29.0 Å². The minimum Gasteiger partial charge on any atom is -0.493 e. The Morgan fingerprint density at radius 3 is 2.06 bits per heavy atom. The van der Waals surface area contributed by atoms with E-state index in [9.17, 15) is 9.59 Å². The molecular weight excluding hydrogens is 460 g/mol. The van der Waals surface area contributed by atoms with Gasteiger partial charge in [-0.05, 0) is 58.9 Å². The molecule has 1 aromatic heterocycles. The molecule has 0 bridgehead atoms. The largest absolute Gasteiger partial charge is 0.493 e. The highest BCUT2D eigenvalue weighted by Gasteiger charge is 2.25. The average molecular weight is 497 g/mol. The number of nitrogens with zero attached hydrogens (tertiary/aromatic N) is 3. The van der Waals surface area contributed by atoms with Crippen LogP contribution in [0.15, 0.2) is 36.4 Å². The summed E-state index contributed by atoms with van der Waals surface area (Å²) in [5.74, 6) is 1.43. The molecular formula is C27H36N4O5. The van der Waals surface area contributed by atoms with Gasteiger partial charge >= 0.3 is 0 Å². The smallest absolute Gasteiger partial charge is 0.252 e. The first-order valence-electron chi connectivity index (χ1n) is 12.0. The minimum absolute atomic E-state index is 0.00689. The molecule has 194 valence electrons. The van der Waals surface area contributed by atoms with Crippen molar-refractivity contribution in [2.75, 3.05) is 21.3 Å². The van der Waals surface area contributed by atoms with Crippen molar-refractivity contribution in [3.63, 3.8) is 0 Å². The molecule has 0 aliphatic rings. The number of ether oxygens (including phenoxy) is 3. The summed E-state index contributed by atoms with van der Waals surface area (Å²) in [6.07, 6.45) is 0. The summed E-state index contributed by atoms with van der Waals surface area (Å²) in [5.41, 5.74) is 1.94. The number of methoxy groups -OCH3 is 3. The maximum absolute atomic E-state index is 13.3. The molecule has 36 heavy (non-hydrogen) atoms. The van der Waals surface area contributed by atoms with E-state index < -0.39 is 6.04 Å². The van der Waals surface area contributed by atoms with Crippen LogP contribution in [0.25, 0.3) is 11.0 Å². The molecule has 1 atom stereocenters. The van der Waals surface area contributed by atoms with Gasteiger partial charge in [-0.25, -0.2) is 4.98 Å². The number of carbonyl (C=O) groups is 2. The van der Waals surface area contributed by atoms with E-state index in [0.29, 0.717) is 28.6 Å². The number of nitrogens with one attached hydrogen (secondary N) is 1. The molecule has 3 aromatic rings. The third-order valence-corrected chi connectivity index (χ3v) is 6.04. The van der Waals surface area contributed by atoms with Gasteiger partial charge in [0, 0.05) is 17.6 Å². The number of amides is 2. The van der Waals surface area contributed by atoms with Crippen molar-refractivity contribution in [1.29, 1.82) is 0 Å². The predicted octanol–water partition coefficient (Wildman–Crippen LogP) is 4.20. The molecule has 0 fully saturated rings. The number of carbonyl (C=O) groups excluding carboxylic acids is 2. The molecule has 2 aromatic carbocycles. The van der Waals surface area contributed by atoms with Gasteiger partial charge in [0.1, 0.15) is 12.4 Å². The standard InChI is InChI=1S/C27H36N4O5/c1-16(2)31(17(3)4)24(32)15-30-21-12-10-9-11-20(21)29-26(30)18(5)28-27(33)19-13-22(34-6)25(36-8)23(14-19)35-7/h9-14,16-18H,15H2,1-8H3,(H,28,33). The third-order valence-electron chi connectivity index (χ3n) is 6.04. The van der Waals surface area contributed by atoms with E-state index in [1.54, 1.807) is 12.1 Å². The van der Waals surface area contributed by atoms with Crippen molar-refractivity contribution in [2.24, 2.45) is 0 Å². The third kappa shape index (κ3) is 5.40. The normalized spacial score (nSPS) is 12.1. The molecule has 2 amide bonds. The molecule has 0 aliphatic heterocycles. The first-order chi connectivity index (χ1) is 17.1. The number of fused-ring (bicyclic) bond motifs is 1. The van der Waals surface area contributed by atoms with Crippen LogP contribution in [-0.2, 0) is 11.3 Å². The second kappa shape index (κ2) is 11.3. The number of hydrogen-bond donors (Lipinski definition) is 1. The van der Waals surface area contributed by atoms with Crippen LogP contribution in [0.3, 0.4) is 0 Å². The van der Waals surface area contributed by atoms with E-state index in [1.165, 1.54) is 21.3 Å². The lowest BCUT2D eigenvalue weighted by molar-refractivity contribution is -0.135. The molecule has 9 nitrogen and oxygen atoms in total. The van der Waals surface area contributed by atoms with Gasteiger partial charge in [0.15, 0.2) is 11.5 Å². The summed E-state index contributed by atoms with van der Waals surface area (Å²) in [5, 5.41) is 3.00. The van der Waals surface area contributed by atoms with Crippen LogP contribution >= 0.6 is 0 Å². The highest BCUT2D eigenvalue weighted by Crippen LogP contribution is 2.38.